The van der Waals surface area contributed by atoms with Gasteiger partial charge in [0.15, 0.2) is 0 Å². The van der Waals surface area contributed by atoms with Gasteiger partial charge in [-0.15, -0.1) is 0 Å². The van der Waals surface area contributed by atoms with Gasteiger partial charge in [0.1, 0.15) is 0 Å². The third-order valence-corrected chi connectivity index (χ3v) is 1.81. The van der Waals surface area contributed by atoms with E-state index in [1.54, 1.807) is 0 Å². The quantitative estimate of drug-likeness (QED) is 0.616. The van der Waals surface area contributed by atoms with Crippen molar-refractivity contribution in [1.82, 2.24) is 0 Å². The van der Waals surface area contributed by atoms with Crippen LogP contribution in [0.3, 0.4) is 0 Å². The number of nitrogens with two attached hydrogens (primary N) is 1. The molecule has 0 bridgehead atoms. The standard InChI is InChI=1S/C9H14N2.H2O/c1-6-4-8(10)5-7(2)9(6)11-3;/h4-5,11H,10H2,1-3H3;1H2. The van der Waals surface area contributed by atoms with E-state index in [0.29, 0.717) is 0 Å². The highest BCUT2D eigenvalue weighted by molar-refractivity contribution is 5.62. The van der Waals surface area contributed by atoms with Gasteiger partial charge in [-0.3, -0.25) is 0 Å². The van der Waals surface area contributed by atoms with Crippen molar-refractivity contribution in [2.24, 2.45) is 0 Å². The molecule has 1 rings (SSSR count). The number of nitrogen functional groups attached to an aromatic ring is 1. The van der Waals surface area contributed by atoms with E-state index in [1.165, 1.54) is 16.8 Å². The zero-order valence-corrected chi connectivity index (χ0v) is 7.73. The van der Waals surface area contributed by atoms with Crippen molar-refractivity contribution in [3.63, 3.8) is 0 Å². The Morgan fingerprint density at radius 1 is 1.17 bits per heavy atom. The van der Waals surface area contributed by atoms with Crippen LogP contribution in [0.25, 0.3) is 0 Å². The van der Waals surface area contributed by atoms with Crippen molar-refractivity contribution in [3.8, 4) is 0 Å². The van der Waals surface area contributed by atoms with Crippen LogP contribution in [0.1, 0.15) is 11.1 Å². The lowest BCUT2D eigenvalue weighted by Gasteiger charge is -2.09. The van der Waals surface area contributed by atoms with Gasteiger partial charge in [0.2, 0.25) is 0 Å². The van der Waals surface area contributed by atoms with E-state index in [9.17, 15) is 0 Å². The molecule has 0 unspecified atom stereocenters. The van der Waals surface area contributed by atoms with Crippen LogP contribution in [0, 0.1) is 13.8 Å². The third-order valence-electron chi connectivity index (χ3n) is 1.81. The van der Waals surface area contributed by atoms with Crippen LogP contribution in [0.15, 0.2) is 12.1 Å². The Balaban J connectivity index is 0.00000121. The molecule has 0 aliphatic carbocycles. The van der Waals surface area contributed by atoms with Gasteiger partial charge < -0.3 is 16.5 Å². The van der Waals surface area contributed by atoms with Crippen LogP contribution in [-0.4, -0.2) is 12.5 Å². The number of anilines is 2. The zero-order chi connectivity index (χ0) is 8.43. The molecule has 0 amide bonds. The second kappa shape index (κ2) is 3.97. The van der Waals surface area contributed by atoms with Crippen molar-refractivity contribution < 1.29 is 5.48 Å². The molecular weight excluding hydrogens is 152 g/mol. The Kier molecular flexibility index (Phi) is 3.57. The molecule has 0 saturated carbocycles. The first-order valence-electron chi connectivity index (χ1n) is 3.69. The number of aryl methyl sites for hydroxylation is 2. The van der Waals surface area contributed by atoms with E-state index in [4.69, 9.17) is 5.73 Å². The monoisotopic (exact) mass is 168 g/mol. The molecule has 0 aliphatic heterocycles. The number of rotatable bonds is 1. The SMILES string of the molecule is CNc1c(C)cc(N)cc1C.O. The van der Waals surface area contributed by atoms with Crippen LogP contribution < -0.4 is 11.1 Å². The zero-order valence-electron chi connectivity index (χ0n) is 7.73. The lowest BCUT2D eigenvalue weighted by Crippen LogP contribution is -1.96. The van der Waals surface area contributed by atoms with Crippen molar-refractivity contribution in [2.45, 2.75) is 13.8 Å². The fourth-order valence-corrected chi connectivity index (χ4v) is 1.39. The summed E-state index contributed by atoms with van der Waals surface area (Å²) in [5.41, 5.74) is 10.1. The normalized spacial score (nSPS) is 8.92. The predicted octanol–water partition coefficient (Wildman–Crippen LogP) is 1.10. The first kappa shape index (κ1) is 10.8. The average molecular weight is 168 g/mol. The average Bonchev–Trinajstić information content (AvgIpc) is 1.85. The summed E-state index contributed by atoms with van der Waals surface area (Å²) >= 11 is 0. The molecule has 0 radical (unpaired) electrons. The summed E-state index contributed by atoms with van der Waals surface area (Å²) in [6.07, 6.45) is 0. The van der Waals surface area contributed by atoms with Crippen LogP contribution in [-0.2, 0) is 0 Å². The first-order valence-corrected chi connectivity index (χ1v) is 3.69. The minimum Gasteiger partial charge on any atom is -0.412 e. The summed E-state index contributed by atoms with van der Waals surface area (Å²) < 4.78 is 0. The van der Waals surface area contributed by atoms with E-state index in [2.05, 4.69) is 19.2 Å². The van der Waals surface area contributed by atoms with Crippen molar-refractivity contribution in [3.05, 3.63) is 23.3 Å². The molecule has 0 fully saturated rings. The summed E-state index contributed by atoms with van der Waals surface area (Å²) in [5.74, 6) is 0. The van der Waals surface area contributed by atoms with Gasteiger partial charge in [-0.05, 0) is 37.1 Å². The number of hydrogen-bond donors (Lipinski definition) is 2. The lowest BCUT2D eigenvalue weighted by atomic mass is 10.1. The summed E-state index contributed by atoms with van der Waals surface area (Å²) in [6, 6.07) is 3.94. The Morgan fingerprint density at radius 3 is 1.92 bits per heavy atom. The Hall–Kier alpha value is -1.22. The molecule has 3 heteroatoms. The maximum Gasteiger partial charge on any atom is 0.0398 e. The maximum absolute atomic E-state index is 5.66. The molecule has 0 aliphatic rings. The van der Waals surface area contributed by atoms with Crippen molar-refractivity contribution >= 4 is 11.4 Å². The minimum absolute atomic E-state index is 0. The summed E-state index contributed by atoms with van der Waals surface area (Å²) in [7, 11) is 1.92. The molecule has 0 saturated heterocycles. The molecule has 0 heterocycles. The molecule has 68 valence electrons. The molecule has 0 aromatic heterocycles. The molecular formula is C9H16N2O. The van der Waals surface area contributed by atoms with Crippen LogP contribution >= 0.6 is 0 Å². The van der Waals surface area contributed by atoms with Crippen LogP contribution in [0.4, 0.5) is 11.4 Å². The molecule has 1 aromatic carbocycles. The predicted molar refractivity (Wildman–Crippen MR) is 53.5 cm³/mol. The fraction of sp³-hybridized carbons (Fsp3) is 0.333. The third kappa shape index (κ3) is 1.89. The van der Waals surface area contributed by atoms with Gasteiger partial charge in [-0.1, -0.05) is 0 Å². The molecule has 1 aromatic rings. The summed E-state index contributed by atoms with van der Waals surface area (Å²) in [4.78, 5) is 0. The molecule has 5 N–H and O–H groups in total. The highest BCUT2D eigenvalue weighted by Crippen LogP contribution is 2.22. The number of hydrogen-bond acceptors (Lipinski definition) is 2. The molecule has 0 atom stereocenters. The highest BCUT2D eigenvalue weighted by atomic mass is 16.0. The van der Waals surface area contributed by atoms with Gasteiger partial charge in [0, 0.05) is 18.4 Å². The largest absolute Gasteiger partial charge is 0.412 e. The first-order chi connectivity index (χ1) is 5.15. The van der Waals surface area contributed by atoms with Gasteiger partial charge in [-0.2, -0.15) is 0 Å². The van der Waals surface area contributed by atoms with E-state index < -0.39 is 0 Å². The smallest absolute Gasteiger partial charge is 0.0398 e. The minimum atomic E-state index is 0. The van der Waals surface area contributed by atoms with Gasteiger partial charge in [0.05, 0.1) is 0 Å². The molecule has 0 spiro atoms. The molecule has 12 heavy (non-hydrogen) atoms. The summed E-state index contributed by atoms with van der Waals surface area (Å²) in [6.45, 7) is 4.10. The summed E-state index contributed by atoms with van der Waals surface area (Å²) in [5, 5.41) is 3.14. The highest BCUT2D eigenvalue weighted by Gasteiger charge is 1.99. The number of benzene rings is 1. The van der Waals surface area contributed by atoms with Crippen molar-refractivity contribution in [2.75, 3.05) is 18.1 Å². The van der Waals surface area contributed by atoms with Gasteiger partial charge in [-0.25, -0.2) is 0 Å². The van der Waals surface area contributed by atoms with Crippen LogP contribution in [0.5, 0.6) is 0 Å². The number of nitrogens with one attached hydrogen (secondary N) is 1. The Bertz CT molecular complexity index is 248. The van der Waals surface area contributed by atoms with Gasteiger partial charge in [0.25, 0.3) is 0 Å². The second-order valence-electron chi connectivity index (χ2n) is 2.78. The Labute approximate surface area is 72.9 Å². The fourth-order valence-electron chi connectivity index (χ4n) is 1.39. The second-order valence-corrected chi connectivity index (χ2v) is 2.78. The van der Waals surface area contributed by atoms with E-state index in [1.807, 2.05) is 19.2 Å². The van der Waals surface area contributed by atoms with Gasteiger partial charge >= 0.3 is 0 Å². The maximum atomic E-state index is 5.66. The van der Waals surface area contributed by atoms with E-state index in [0.717, 1.165) is 5.69 Å². The van der Waals surface area contributed by atoms with Crippen LogP contribution in [0.2, 0.25) is 0 Å². The molecule has 3 nitrogen and oxygen atoms in total. The van der Waals surface area contributed by atoms with Crippen molar-refractivity contribution in [1.29, 1.82) is 0 Å². The van der Waals surface area contributed by atoms with E-state index in [-0.39, 0.29) is 5.48 Å². The topological polar surface area (TPSA) is 69.5 Å². The lowest BCUT2D eigenvalue weighted by molar-refractivity contribution is 0.824. The Morgan fingerprint density at radius 2 is 1.58 bits per heavy atom. The van der Waals surface area contributed by atoms with E-state index >= 15 is 0 Å².